The molecule has 1 heterocycles. The molecule has 1 aliphatic heterocycles. The number of phenolic OH excluding ortho intramolecular Hbond substituents is 1. The van der Waals surface area contributed by atoms with Crippen LogP contribution in [0, 0.1) is 0 Å². The molecule has 0 spiro atoms. The van der Waals surface area contributed by atoms with Gasteiger partial charge in [0.15, 0.2) is 0 Å². The highest BCUT2D eigenvalue weighted by atomic mass is 16.3. The highest BCUT2D eigenvalue weighted by Crippen LogP contribution is 2.23. The second-order valence-electron chi connectivity index (χ2n) is 5.29. The van der Waals surface area contributed by atoms with Crippen molar-refractivity contribution in [3.8, 4) is 5.75 Å². The standard InChI is InChI=1S/C17H20N2O/c20-17-8-6-16(7-9-17)19-12-10-15(11-13-19)18-14-4-2-1-3-5-14/h1-9,15,18,20H,10-13H2. The van der Waals surface area contributed by atoms with E-state index in [2.05, 4.69) is 34.5 Å². The Morgan fingerprint density at radius 1 is 0.900 bits per heavy atom. The molecule has 20 heavy (non-hydrogen) atoms. The van der Waals surface area contributed by atoms with E-state index in [1.165, 1.54) is 11.4 Å². The molecule has 0 saturated carbocycles. The first kappa shape index (κ1) is 12.9. The van der Waals surface area contributed by atoms with Gasteiger partial charge in [0.2, 0.25) is 0 Å². The van der Waals surface area contributed by atoms with Crippen LogP contribution in [0.1, 0.15) is 12.8 Å². The van der Waals surface area contributed by atoms with Crippen LogP contribution < -0.4 is 10.2 Å². The van der Waals surface area contributed by atoms with Gasteiger partial charge in [-0.25, -0.2) is 0 Å². The van der Waals surface area contributed by atoms with Gasteiger partial charge in [-0.3, -0.25) is 0 Å². The van der Waals surface area contributed by atoms with E-state index in [1.807, 2.05) is 18.2 Å². The number of para-hydroxylation sites is 1. The molecule has 0 amide bonds. The summed E-state index contributed by atoms with van der Waals surface area (Å²) < 4.78 is 0. The van der Waals surface area contributed by atoms with Crippen LogP contribution in [-0.2, 0) is 0 Å². The molecular weight excluding hydrogens is 248 g/mol. The number of hydrogen-bond donors (Lipinski definition) is 2. The van der Waals surface area contributed by atoms with Crippen LogP contribution in [0.4, 0.5) is 11.4 Å². The van der Waals surface area contributed by atoms with Crippen LogP contribution in [0.15, 0.2) is 54.6 Å². The van der Waals surface area contributed by atoms with Gasteiger partial charge in [-0.1, -0.05) is 18.2 Å². The van der Waals surface area contributed by atoms with Crippen molar-refractivity contribution in [3.05, 3.63) is 54.6 Å². The molecule has 2 aromatic rings. The topological polar surface area (TPSA) is 35.5 Å². The number of nitrogens with zero attached hydrogens (tertiary/aromatic N) is 1. The maximum Gasteiger partial charge on any atom is 0.115 e. The molecule has 0 aliphatic carbocycles. The highest BCUT2D eigenvalue weighted by Gasteiger charge is 2.19. The zero-order valence-corrected chi connectivity index (χ0v) is 11.5. The fraction of sp³-hybridized carbons (Fsp3) is 0.294. The third-order valence-electron chi connectivity index (χ3n) is 3.85. The maximum absolute atomic E-state index is 9.33. The molecule has 2 N–H and O–H groups in total. The zero-order chi connectivity index (χ0) is 13.8. The Hall–Kier alpha value is -2.16. The van der Waals surface area contributed by atoms with Crippen molar-refractivity contribution in [3.63, 3.8) is 0 Å². The van der Waals surface area contributed by atoms with E-state index in [1.54, 1.807) is 12.1 Å². The predicted octanol–water partition coefficient (Wildman–Crippen LogP) is 3.47. The number of phenols is 1. The largest absolute Gasteiger partial charge is 0.508 e. The van der Waals surface area contributed by atoms with E-state index in [0.29, 0.717) is 11.8 Å². The number of piperidine rings is 1. The summed E-state index contributed by atoms with van der Waals surface area (Å²) in [6.07, 6.45) is 2.27. The molecule has 104 valence electrons. The number of benzene rings is 2. The van der Waals surface area contributed by atoms with Crippen molar-refractivity contribution in [1.82, 2.24) is 0 Å². The minimum absolute atomic E-state index is 0.328. The van der Waals surface area contributed by atoms with Crippen molar-refractivity contribution in [2.45, 2.75) is 18.9 Å². The van der Waals surface area contributed by atoms with Crippen LogP contribution in [0.5, 0.6) is 5.75 Å². The number of hydrogen-bond acceptors (Lipinski definition) is 3. The smallest absolute Gasteiger partial charge is 0.115 e. The first-order valence-electron chi connectivity index (χ1n) is 7.17. The van der Waals surface area contributed by atoms with Gasteiger partial charge < -0.3 is 15.3 Å². The summed E-state index contributed by atoms with van der Waals surface area (Å²) in [4.78, 5) is 2.38. The van der Waals surface area contributed by atoms with Gasteiger partial charge in [0.05, 0.1) is 0 Å². The van der Waals surface area contributed by atoms with Crippen molar-refractivity contribution < 1.29 is 5.11 Å². The maximum atomic E-state index is 9.33. The molecular formula is C17H20N2O. The SMILES string of the molecule is Oc1ccc(N2CCC(Nc3ccccc3)CC2)cc1. The molecule has 1 saturated heterocycles. The van der Waals surface area contributed by atoms with Gasteiger partial charge in [-0.05, 0) is 49.2 Å². The highest BCUT2D eigenvalue weighted by molar-refractivity contribution is 5.50. The molecule has 3 rings (SSSR count). The molecule has 2 aromatic carbocycles. The van der Waals surface area contributed by atoms with E-state index < -0.39 is 0 Å². The molecule has 0 bridgehead atoms. The van der Waals surface area contributed by atoms with Gasteiger partial charge in [0.25, 0.3) is 0 Å². The fourth-order valence-corrected chi connectivity index (χ4v) is 2.72. The average Bonchev–Trinajstić information content (AvgIpc) is 2.50. The monoisotopic (exact) mass is 268 g/mol. The lowest BCUT2D eigenvalue weighted by Gasteiger charge is -2.34. The Labute approximate surface area is 119 Å². The fourth-order valence-electron chi connectivity index (χ4n) is 2.72. The van der Waals surface area contributed by atoms with Gasteiger partial charge in [-0.15, -0.1) is 0 Å². The van der Waals surface area contributed by atoms with Gasteiger partial charge in [0, 0.05) is 30.5 Å². The number of rotatable bonds is 3. The minimum Gasteiger partial charge on any atom is -0.508 e. The number of anilines is 2. The Morgan fingerprint density at radius 3 is 2.20 bits per heavy atom. The first-order valence-corrected chi connectivity index (χ1v) is 7.17. The summed E-state index contributed by atoms with van der Waals surface area (Å²) in [6.45, 7) is 2.10. The van der Waals surface area contributed by atoms with Gasteiger partial charge >= 0.3 is 0 Å². The van der Waals surface area contributed by atoms with Crippen LogP contribution >= 0.6 is 0 Å². The normalized spacial score (nSPS) is 16.1. The van der Waals surface area contributed by atoms with Crippen LogP contribution in [0.2, 0.25) is 0 Å². The van der Waals surface area contributed by atoms with Crippen molar-refractivity contribution >= 4 is 11.4 Å². The Bertz CT molecular complexity index is 531. The van der Waals surface area contributed by atoms with E-state index >= 15 is 0 Å². The molecule has 3 nitrogen and oxygen atoms in total. The summed E-state index contributed by atoms with van der Waals surface area (Å²) in [6, 6.07) is 18.4. The van der Waals surface area contributed by atoms with Crippen LogP contribution in [0.3, 0.4) is 0 Å². The average molecular weight is 268 g/mol. The van der Waals surface area contributed by atoms with Crippen molar-refractivity contribution in [1.29, 1.82) is 0 Å². The molecule has 1 fully saturated rings. The first-order chi connectivity index (χ1) is 9.81. The zero-order valence-electron chi connectivity index (χ0n) is 11.5. The molecule has 1 aliphatic rings. The number of aromatic hydroxyl groups is 1. The van der Waals surface area contributed by atoms with E-state index in [4.69, 9.17) is 0 Å². The lowest BCUT2D eigenvalue weighted by Crippen LogP contribution is -2.39. The van der Waals surface area contributed by atoms with Gasteiger partial charge in [0.1, 0.15) is 5.75 Å². The summed E-state index contributed by atoms with van der Waals surface area (Å²) in [5, 5.41) is 12.9. The van der Waals surface area contributed by atoms with Crippen molar-refractivity contribution in [2.75, 3.05) is 23.3 Å². The predicted molar refractivity (Wildman–Crippen MR) is 83.4 cm³/mol. The summed E-state index contributed by atoms with van der Waals surface area (Å²) >= 11 is 0. The molecule has 0 radical (unpaired) electrons. The third kappa shape index (κ3) is 3.05. The molecule has 0 aromatic heterocycles. The molecule has 0 atom stereocenters. The third-order valence-corrected chi connectivity index (χ3v) is 3.85. The second kappa shape index (κ2) is 5.87. The minimum atomic E-state index is 0.328. The lowest BCUT2D eigenvalue weighted by molar-refractivity contribution is 0.475. The van der Waals surface area contributed by atoms with Crippen LogP contribution in [0.25, 0.3) is 0 Å². The van der Waals surface area contributed by atoms with Crippen LogP contribution in [-0.4, -0.2) is 24.2 Å². The van der Waals surface area contributed by atoms with E-state index in [9.17, 15) is 5.11 Å². The molecule has 0 unspecified atom stereocenters. The van der Waals surface area contributed by atoms with Gasteiger partial charge in [-0.2, -0.15) is 0 Å². The quantitative estimate of drug-likeness (QED) is 0.894. The summed E-state index contributed by atoms with van der Waals surface area (Å²) in [7, 11) is 0. The Morgan fingerprint density at radius 2 is 1.55 bits per heavy atom. The van der Waals surface area contributed by atoms with Crippen molar-refractivity contribution in [2.24, 2.45) is 0 Å². The summed E-state index contributed by atoms with van der Waals surface area (Å²) in [5.74, 6) is 0.328. The van der Waals surface area contributed by atoms with E-state index in [0.717, 1.165) is 25.9 Å². The van der Waals surface area contributed by atoms with E-state index in [-0.39, 0.29) is 0 Å². The Kier molecular flexibility index (Phi) is 3.77. The lowest BCUT2D eigenvalue weighted by atomic mass is 10.0. The summed E-state index contributed by atoms with van der Waals surface area (Å²) in [5.41, 5.74) is 2.40. The Balaban J connectivity index is 1.55. The number of nitrogens with one attached hydrogen (secondary N) is 1. The molecule has 3 heteroatoms. The second-order valence-corrected chi connectivity index (χ2v) is 5.29.